The van der Waals surface area contributed by atoms with Gasteiger partial charge < -0.3 is 15.0 Å². The fourth-order valence-electron chi connectivity index (χ4n) is 2.86. The van der Waals surface area contributed by atoms with Crippen LogP contribution in [-0.4, -0.2) is 46.7 Å². The summed E-state index contributed by atoms with van der Waals surface area (Å²) in [6.45, 7) is 4.89. The van der Waals surface area contributed by atoms with Crippen LogP contribution < -0.4 is 10.2 Å². The highest BCUT2D eigenvalue weighted by atomic mass is 19.3. The summed E-state index contributed by atoms with van der Waals surface area (Å²) in [5.74, 6) is -2.26. The highest BCUT2D eigenvalue weighted by molar-refractivity contribution is 5.68. The van der Waals surface area contributed by atoms with E-state index < -0.39 is 30.2 Å². The summed E-state index contributed by atoms with van der Waals surface area (Å²) in [4.78, 5) is 21.7. The molecule has 1 saturated heterocycles. The third kappa shape index (κ3) is 4.55. The van der Waals surface area contributed by atoms with E-state index in [0.29, 0.717) is 18.4 Å². The SMILES string of the molecule is CC(C)(C)OC(=O)NC1CCN(c2ncc(C3CC3)cn2)CC1(F)F. The molecular formula is C17H24F2N4O2. The quantitative estimate of drug-likeness (QED) is 0.903. The summed E-state index contributed by atoms with van der Waals surface area (Å²) >= 11 is 0. The van der Waals surface area contributed by atoms with Crippen LogP contribution in [0.2, 0.25) is 0 Å². The molecule has 1 saturated carbocycles. The fourth-order valence-corrected chi connectivity index (χ4v) is 2.86. The van der Waals surface area contributed by atoms with Gasteiger partial charge in [-0.3, -0.25) is 0 Å². The third-order valence-corrected chi connectivity index (χ3v) is 4.28. The molecule has 1 unspecified atom stereocenters. The Kier molecular flexibility index (Phi) is 4.55. The number of ether oxygens (including phenoxy) is 1. The predicted molar refractivity (Wildman–Crippen MR) is 88.9 cm³/mol. The van der Waals surface area contributed by atoms with Gasteiger partial charge in [-0.2, -0.15) is 0 Å². The maximum Gasteiger partial charge on any atom is 0.408 e. The number of nitrogens with one attached hydrogen (secondary N) is 1. The molecule has 0 aromatic carbocycles. The van der Waals surface area contributed by atoms with Gasteiger partial charge in [0.15, 0.2) is 0 Å². The van der Waals surface area contributed by atoms with Crippen molar-refractivity contribution in [3.05, 3.63) is 18.0 Å². The molecule has 1 aliphatic heterocycles. The maximum atomic E-state index is 14.4. The number of rotatable bonds is 3. The van der Waals surface area contributed by atoms with Gasteiger partial charge in [0.05, 0.1) is 12.6 Å². The van der Waals surface area contributed by atoms with Gasteiger partial charge >= 0.3 is 6.09 Å². The number of nitrogens with zero attached hydrogens (tertiary/aromatic N) is 3. The normalized spacial score (nSPS) is 23.2. The van der Waals surface area contributed by atoms with E-state index >= 15 is 0 Å². The second-order valence-electron chi connectivity index (χ2n) is 7.76. The van der Waals surface area contributed by atoms with Gasteiger partial charge in [-0.1, -0.05) is 0 Å². The molecule has 0 bridgehead atoms. The largest absolute Gasteiger partial charge is 0.444 e. The molecule has 138 valence electrons. The lowest BCUT2D eigenvalue weighted by molar-refractivity contribution is -0.0461. The average molecular weight is 354 g/mol. The van der Waals surface area contributed by atoms with Gasteiger partial charge in [0.25, 0.3) is 5.92 Å². The number of anilines is 1. The van der Waals surface area contributed by atoms with Crippen molar-refractivity contribution in [3.63, 3.8) is 0 Å². The third-order valence-electron chi connectivity index (χ3n) is 4.28. The lowest BCUT2D eigenvalue weighted by Crippen LogP contribution is -2.59. The topological polar surface area (TPSA) is 67.3 Å². The Hall–Kier alpha value is -1.99. The predicted octanol–water partition coefficient (Wildman–Crippen LogP) is 3.09. The molecule has 2 aliphatic rings. The summed E-state index contributed by atoms with van der Waals surface area (Å²) in [7, 11) is 0. The number of halogens is 2. The Morgan fingerprint density at radius 3 is 2.44 bits per heavy atom. The zero-order valence-corrected chi connectivity index (χ0v) is 14.8. The average Bonchev–Trinajstić information content (AvgIpc) is 3.32. The molecule has 6 nitrogen and oxygen atoms in total. The Morgan fingerprint density at radius 2 is 1.92 bits per heavy atom. The first kappa shape index (κ1) is 17.8. The Labute approximate surface area is 146 Å². The second-order valence-corrected chi connectivity index (χ2v) is 7.76. The minimum Gasteiger partial charge on any atom is -0.444 e. The van der Waals surface area contributed by atoms with Crippen LogP contribution in [0.4, 0.5) is 19.5 Å². The Bertz CT molecular complexity index is 627. The molecule has 1 aromatic heterocycles. The van der Waals surface area contributed by atoms with Crippen molar-refractivity contribution in [2.24, 2.45) is 0 Å². The molecule has 1 amide bonds. The molecule has 1 aliphatic carbocycles. The van der Waals surface area contributed by atoms with Crippen LogP contribution in [0.1, 0.15) is 51.5 Å². The zero-order valence-electron chi connectivity index (χ0n) is 14.8. The Morgan fingerprint density at radius 1 is 1.28 bits per heavy atom. The number of hydrogen-bond acceptors (Lipinski definition) is 5. The molecule has 0 radical (unpaired) electrons. The van der Waals surface area contributed by atoms with Crippen molar-refractivity contribution in [2.75, 3.05) is 18.0 Å². The van der Waals surface area contributed by atoms with Crippen LogP contribution in [0.5, 0.6) is 0 Å². The summed E-state index contributed by atoms with van der Waals surface area (Å²) in [5.41, 5.74) is 0.342. The number of carbonyl (C=O) groups excluding carboxylic acids is 1. The maximum absolute atomic E-state index is 14.4. The first-order chi connectivity index (χ1) is 11.6. The van der Waals surface area contributed by atoms with Gasteiger partial charge in [-0.15, -0.1) is 0 Å². The van der Waals surface area contributed by atoms with E-state index in [1.54, 1.807) is 33.2 Å². The number of alkyl carbamates (subject to hydrolysis) is 1. The van der Waals surface area contributed by atoms with Crippen LogP contribution in [0, 0.1) is 0 Å². The van der Waals surface area contributed by atoms with E-state index in [1.165, 1.54) is 4.90 Å². The van der Waals surface area contributed by atoms with E-state index in [2.05, 4.69) is 15.3 Å². The molecule has 3 rings (SSSR count). The van der Waals surface area contributed by atoms with Crippen LogP contribution in [0.3, 0.4) is 0 Å². The van der Waals surface area contributed by atoms with Crippen molar-refractivity contribution in [3.8, 4) is 0 Å². The van der Waals surface area contributed by atoms with Gasteiger partial charge in [0, 0.05) is 18.9 Å². The van der Waals surface area contributed by atoms with Gasteiger partial charge in [0.1, 0.15) is 5.60 Å². The monoisotopic (exact) mass is 354 g/mol. The summed E-state index contributed by atoms with van der Waals surface area (Å²) in [6, 6.07) is -1.26. The Balaban J connectivity index is 1.60. The molecule has 25 heavy (non-hydrogen) atoms. The first-order valence-electron chi connectivity index (χ1n) is 8.58. The summed E-state index contributed by atoms with van der Waals surface area (Å²) in [5, 5.41) is 2.29. The molecule has 2 heterocycles. The first-order valence-corrected chi connectivity index (χ1v) is 8.58. The van der Waals surface area contributed by atoms with Gasteiger partial charge in [-0.05, 0) is 51.5 Å². The van der Waals surface area contributed by atoms with Gasteiger partial charge in [0.2, 0.25) is 5.95 Å². The lowest BCUT2D eigenvalue weighted by Gasteiger charge is -2.38. The fraction of sp³-hybridized carbons (Fsp3) is 0.706. The molecule has 1 aromatic rings. The smallest absolute Gasteiger partial charge is 0.408 e. The van der Waals surface area contributed by atoms with Crippen molar-refractivity contribution >= 4 is 12.0 Å². The van der Waals surface area contributed by atoms with Crippen molar-refractivity contribution in [1.82, 2.24) is 15.3 Å². The minimum absolute atomic E-state index is 0.0972. The number of alkyl halides is 2. The molecule has 8 heteroatoms. The van der Waals surface area contributed by atoms with Crippen molar-refractivity contribution in [1.29, 1.82) is 0 Å². The van der Waals surface area contributed by atoms with Crippen molar-refractivity contribution < 1.29 is 18.3 Å². The van der Waals surface area contributed by atoms with Gasteiger partial charge in [-0.25, -0.2) is 23.5 Å². The van der Waals surface area contributed by atoms with Crippen LogP contribution in [0.15, 0.2) is 12.4 Å². The number of carbonyl (C=O) groups is 1. The molecular weight excluding hydrogens is 330 g/mol. The number of piperidine rings is 1. The standard InChI is InChI=1S/C17H24F2N4O2/c1-16(2,3)25-15(24)22-13-6-7-23(10-17(13,18)19)14-20-8-12(9-21-14)11-4-5-11/h8-9,11,13H,4-7,10H2,1-3H3,(H,22,24). The second kappa shape index (κ2) is 6.38. The van der Waals surface area contributed by atoms with E-state index in [9.17, 15) is 13.6 Å². The van der Waals surface area contributed by atoms with Crippen LogP contribution >= 0.6 is 0 Å². The van der Waals surface area contributed by atoms with Crippen LogP contribution in [-0.2, 0) is 4.74 Å². The van der Waals surface area contributed by atoms with E-state index in [-0.39, 0.29) is 6.42 Å². The summed E-state index contributed by atoms with van der Waals surface area (Å²) < 4.78 is 34.0. The molecule has 0 spiro atoms. The molecule has 2 fully saturated rings. The van der Waals surface area contributed by atoms with E-state index in [4.69, 9.17) is 4.74 Å². The highest BCUT2D eigenvalue weighted by Gasteiger charge is 2.46. The molecule has 1 atom stereocenters. The molecule has 1 N–H and O–H groups in total. The summed E-state index contributed by atoms with van der Waals surface area (Å²) in [6.07, 6.45) is 5.01. The number of aromatic nitrogens is 2. The van der Waals surface area contributed by atoms with Crippen molar-refractivity contribution in [2.45, 2.75) is 63.5 Å². The van der Waals surface area contributed by atoms with E-state index in [1.807, 2.05) is 0 Å². The lowest BCUT2D eigenvalue weighted by atomic mass is 10.0. The highest BCUT2D eigenvalue weighted by Crippen LogP contribution is 2.39. The minimum atomic E-state index is -3.09. The van der Waals surface area contributed by atoms with Crippen LogP contribution in [0.25, 0.3) is 0 Å². The number of amides is 1. The van der Waals surface area contributed by atoms with E-state index in [0.717, 1.165) is 18.4 Å². The zero-order chi connectivity index (χ0) is 18.2. The number of hydrogen-bond donors (Lipinski definition) is 1.